The number of benzene rings is 1. The number of hydrogen-bond donors (Lipinski definition) is 1. The third-order valence-corrected chi connectivity index (χ3v) is 3.79. The third kappa shape index (κ3) is 7.99. The Hall–Kier alpha value is -0.890. The maximum absolute atomic E-state index is 5.77. The zero-order chi connectivity index (χ0) is 13.8. The topological polar surface area (TPSA) is 24.5 Å². The van der Waals surface area contributed by atoms with Crippen molar-refractivity contribution >= 4 is 8.96 Å². The second kappa shape index (κ2) is 11.0. The summed E-state index contributed by atoms with van der Waals surface area (Å²) in [5.41, 5.74) is 0. The summed E-state index contributed by atoms with van der Waals surface area (Å²) in [6.07, 6.45) is 5.50. The van der Waals surface area contributed by atoms with E-state index in [9.17, 15) is 0 Å². The van der Waals surface area contributed by atoms with Gasteiger partial charge in [-0.25, -0.2) is 0 Å². The first-order chi connectivity index (χ1) is 9.36. The Balaban J connectivity index is 2.17. The van der Waals surface area contributed by atoms with Crippen molar-refractivity contribution in [2.45, 2.75) is 20.3 Å². The quantitative estimate of drug-likeness (QED) is 0.403. The van der Waals surface area contributed by atoms with E-state index >= 15 is 0 Å². The van der Waals surface area contributed by atoms with Crippen LogP contribution in [0.15, 0.2) is 42.5 Å². The highest BCUT2D eigenvalue weighted by Crippen LogP contribution is 2.23. The minimum Gasteiger partial charge on any atom is -0.461 e. The summed E-state index contributed by atoms with van der Waals surface area (Å²) in [5.74, 6) is 0.946. The van der Waals surface area contributed by atoms with Crippen molar-refractivity contribution in [3.8, 4) is 5.75 Å². The molecule has 0 saturated heterocycles. The highest BCUT2D eigenvalue weighted by molar-refractivity contribution is 7.29. The smallest absolute Gasteiger partial charge is 0.149 e. The van der Waals surface area contributed by atoms with Crippen molar-refractivity contribution in [1.82, 2.24) is 9.99 Å². The van der Waals surface area contributed by atoms with Gasteiger partial charge in [-0.1, -0.05) is 44.2 Å². The molecule has 0 aliphatic carbocycles. The zero-order valence-electron chi connectivity index (χ0n) is 11.9. The molecule has 0 aliphatic rings. The molecule has 0 amide bonds. The molecular weight excluding hydrogens is 255 g/mol. The lowest BCUT2D eigenvalue weighted by Gasteiger charge is -2.18. The summed E-state index contributed by atoms with van der Waals surface area (Å²) >= 11 is 0. The van der Waals surface area contributed by atoms with Crippen molar-refractivity contribution in [2.24, 2.45) is 0 Å². The van der Waals surface area contributed by atoms with Crippen LogP contribution in [0.4, 0.5) is 0 Å². The Labute approximate surface area is 119 Å². The molecular formula is C15H25N2OP. The first kappa shape index (κ1) is 16.2. The number of rotatable bonds is 10. The van der Waals surface area contributed by atoms with E-state index in [2.05, 4.69) is 36.0 Å². The van der Waals surface area contributed by atoms with E-state index in [4.69, 9.17) is 4.52 Å². The summed E-state index contributed by atoms with van der Waals surface area (Å²) in [6, 6.07) is 10.00. The lowest BCUT2D eigenvalue weighted by atomic mass is 10.3. The molecule has 1 aromatic rings. The molecule has 0 radical (unpaired) electrons. The van der Waals surface area contributed by atoms with Gasteiger partial charge in [0.25, 0.3) is 0 Å². The normalized spacial score (nSPS) is 11.9. The fraction of sp³-hybridized carbons (Fsp3) is 0.467. The SMILES string of the molecule is CCNC/C=C\CCN(CC)POc1ccccc1. The van der Waals surface area contributed by atoms with Crippen LogP contribution in [0, 0.1) is 0 Å². The van der Waals surface area contributed by atoms with Gasteiger partial charge in [0, 0.05) is 19.6 Å². The van der Waals surface area contributed by atoms with Crippen LogP contribution in [0.2, 0.25) is 0 Å². The molecule has 1 rings (SSSR count). The molecule has 4 heteroatoms. The Morgan fingerprint density at radius 1 is 1.21 bits per heavy atom. The van der Waals surface area contributed by atoms with Gasteiger partial charge in [0.1, 0.15) is 14.7 Å². The summed E-state index contributed by atoms with van der Waals surface area (Å²) in [4.78, 5) is 0. The van der Waals surface area contributed by atoms with Crippen LogP contribution in [0.25, 0.3) is 0 Å². The molecule has 19 heavy (non-hydrogen) atoms. The van der Waals surface area contributed by atoms with Gasteiger partial charge in [-0.15, -0.1) is 0 Å². The van der Waals surface area contributed by atoms with Gasteiger partial charge in [-0.2, -0.15) is 0 Å². The molecule has 0 bridgehead atoms. The van der Waals surface area contributed by atoms with E-state index in [-0.39, 0.29) is 0 Å². The largest absolute Gasteiger partial charge is 0.461 e. The van der Waals surface area contributed by atoms with Gasteiger partial charge in [0.05, 0.1) is 0 Å². The first-order valence-electron chi connectivity index (χ1n) is 6.95. The van der Waals surface area contributed by atoms with Crippen molar-refractivity contribution in [3.63, 3.8) is 0 Å². The van der Waals surface area contributed by atoms with Gasteiger partial charge in [-0.05, 0) is 25.1 Å². The molecule has 0 heterocycles. The molecule has 0 saturated carbocycles. The molecule has 1 aromatic carbocycles. The average Bonchev–Trinajstić information content (AvgIpc) is 2.47. The predicted octanol–water partition coefficient (Wildman–Crippen LogP) is 3.45. The lowest BCUT2D eigenvalue weighted by Crippen LogP contribution is -2.16. The van der Waals surface area contributed by atoms with Gasteiger partial charge >= 0.3 is 0 Å². The fourth-order valence-electron chi connectivity index (χ4n) is 1.53. The van der Waals surface area contributed by atoms with Crippen molar-refractivity contribution in [3.05, 3.63) is 42.5 Å². The Morgan fingerprint density at radius 2 is 2.00 bits per heavy atom. The Morgan fingerprint density at radius 3 is 2.68 bits per heavy atom. The standard InChI is InChI=1S/C15H25N2OP/c1-3-16-13-9-6-10-14-17(4-2)19-18-15-11-7-5-8-12-15/h5-9,11-12,16,19H,3-4,10,13-14H2,1-2H3/b9-6-. The monoisotopic (exact) mass is 280 g/mol. The van der Waals surface area contributed by atoms with Crippen LogP contribution in [-0.2, 0) is 0 Å². The van der Waals surface area contributed by atoms with Crippen LogP contribution in [0.3, 0.4) is 0 Å². The minimum absolute atomic E-state index is 0.397. The van der Waals surface area contributed by atoms with Gasteiger partial charge in [0.2, 0.25) is 0 Å². The summed E-state index contributed by atoms with van der Waals surface area (Å²) in [5, 5.41) is 3.27. The Bertz CT molecular complexity index is 343. The highest BCUT2D eigenvalue weighted by Gasteiger charge is 2.02. The maximum Gasteiger partial charge on any atom is 0.149 e. The molecule has 1 atom stereocenters. The summed E-state index contributed by atoms with van der Waals surface area (Å²) in [6.45, 7) is 8.35. The molecule has 0 spiro atoms. The van der Waals surface area contributed by atoms with Crippen molar-refractivity contribution < 1.29 is 4.52 Å². The maximum atomic E-state index is 5.77. The number of nitrogens with zero attached hydrogens (tertiary/aromatic N) is 1. The number of hydrogen-bond acceptors (Lipinski definition) is 3. The van der Waals surface area contributed by atoms with E-state index in [1.54, 1.807) is 0 Å². The van der Waals surface area contributed by atoms with Crippen molar-refractivity contribution in [2.75, 3.05) is 26.2 Å². The first-order valence-corrected chi connectivity index (χ1v) is 7.80. The average molecular weight is 280 g/mol. The van der Waals surface area contributed by atoms with E-state index in [0.29, 0.717) is 8.96 Å². The molecule has 1 unspecified atom stereocenters. The summed E-state index contributed by atoms with van der Waals surface area (Å²) in [7, 11) is 0.397. The van der Waals surface area contributed by atoms with Crippen LogP contribution in [-0.4, -0.2) is 30.8 Å². The number of nitrogens with one attached hydrogen (secondary N) is 1. The molecule has 0 aliphatic heterocycles. The molecule has 3 nitrogen and oxygen atoms in total. The number of para-hydroxylation sites is 1. The molecule has 0 fully saturated rings. The molecule has 106 valence electrons. The number of likely N-dealkylation sites (N-methyl/N-ethyl adjacent to an activating group) is 1. The lowest BCUT2D eigenvalue weighted by molar-refractivity contribution is 0.450. The molecule has 1 N–H and O–H groups in total. The van der Waals surface area contributed by atoms with Crippen LogP contribution in [0.5, 0.6) is 5.75 Å². The zero-order valence-corrected chi connectivity index (χ0v) is 12.9. The van der Waals surface area contributed by atoms with Crippen LogP contribution in [0.1, 0.15) is 20.3 Å². The Kier molecular flexibility index (Phi) is 9.34. The predicted molar refractivity (Wildman–Crippen MR) is 84.9 cm³/mol. The van der Waals surface area contributed by atoms with Crippen LogP contribution >= 0.6 is 8.96 Å². The fourth-order valence-corrected chi connectivity index (χ4v) is 2.25. The highest BCUT2D eigenvalue weighted by atomic mass is 31.1. The summed E-state index contributed by atoms with van der Waals surface area (Å²) < 4.78 is 8.10. The van der Waals surface area contributed by atoms with Crippen LogP contribution < -0.4 is 9.84 Å². The second-order valence-electron chi connectivity index (χ2n) is 4.15. The molecule has 0 aromatic heterocycles. The van der Waals surface area contributed by atoms with Gasteiger partial charge in [-0.3, -0.25) is 4.67 Å². The minimum atomic E-state index is 0.397. The van der Waals surface area contributed by atoms with E-state index < -0.39 is 0 Å². The van der Waals surface area contributed by atoms with E-state index in [1.165, 1.54) is 0 Å². The van der Waals surface area contributed by atoms with Gasteiger partial charge in [0.15, 0.2) is 0 Å². The van der Waals surface area contributed by atoms with Gasteiger partial charge < -0.3 is 9.84 Å². The second-order valence-corrected chi connectivity index (χ2v) is 5.17. The van der Waals surface area contributed by atoms with E-state index in [0.717, 1.165) is 38.3 Å². The van der Waals surface area contributed by atoms with E-state index in [1.807, 2.05) is 30.3 Å². The van der Waals surface area contributed by atoms with Crippen molar-refractivity contribution in [1.29, 1.82) is 0 Å². The third-order valence-electron chi connectivity index (χ3n) is 2.66.